The van der Waals surface area contributed by atoms with Gasteiger partial charge in [-0.15, -0.1) is 0 Å². The summed E-state index contributed by atoms with van der Waals surface area (Å²) in [7, 11) is 1.44. The van der Waals surface area contributed by atoms with Crippen molar-refractivity contribution in [1.82, 2.24) is 4.90 Å². The molecule has 1 amide bonds. The van der Waals surface area contributed by atoms with Gasteiger partial charge in [0, 0.05) is 25.4 Å². The van der Waals surface area contributed by atoms with Crippen LogP contribution in [0.4, 0.5) is 5.69 Å². The molecule has 6 nitrogen and oxygen atoms in total. The Balaban J connectivity index is 0.00000100. The van der Waals surface area contributed by atoms with E-state index in [4.69, 9.17) is 4.74 Å². The molecule has 6 heteroatoms. The maximum absolute atomic E-state index is 12.8. The van der Waals surface area contributed by atoms with Crippen molar-refractivity contribution in [2.75, 3.05) is 26.7 Å². The van der Waals surface area contributed by atoms with Crippen LogP contribution in [0.3, 0.4) is 0 Å². The summed E-state index contributed by atoms with van der Waals surface area (Å²) in [6.07, 6.45) is 2.72. The first-order chi connectivity index (χ1) is 11.6. The van der Waals surface area contributed by atoms with Gasteiger partial charge in [0.1, 0.15) is 0 Å². The van der Waals surface area contributed by atoms with Gasteiger partial charge in [-0.1, -0.05) is 13.8 Å². The molecule has 2 aliphatic rings. The second-order valence-electron chi connectivity index (χ2n) is 5.27. The zero-order chi connectivity index (χ0) is 17.7. The fourth-order valence-electron chi connectivity index (χ4n) is 2.78. The van der Waals surface area contributed by atoms with Crippen molar-refractivity contribution in [1.29, 1.82) is 0 Å². The number of phenols is 1. The third-order valence-electron chi connectivity index (χ3n) is 4.00. The van der Waals surface area contributed by atoms with E-state index in [-0.39, 0.29) is 17.4 Å². The van der Waals surface area contributed by atoms with E-state index < -0.39 is 0 Å². The highest BCUT2D eigenvalue weighted by Crippen LogP contribution is 2.35. The van der Waals surface area contributed by atoms with Gasteiger partial charge in [0.15, 0.2) is 11.5 Å². The molecule has 128 valence electrons. The summed E-state index contributed by atoms with van der Waals surface area (Å²) in [5.74, 6) is 0.0466. The molecule has 0 radical (unpaired) electrons. The molecular formula is C18H23N3O3. The Kier molecular flexibility index (Phi) is 5.73. The molecule has 0 aromatic heterocycles. The lowest BCUT2D eigenvalue weighted by molar-refractivity contribution is 0.0765. The molecule has 2 heterocycles. The van der Waals surface area contributed by atoms with Gasteiger partial charge < -0.3 is 14.7 Å². The van der Waals surface area contributed by atoms with Crippen LogP contribution in [0.2, 0.25) is 0 Å². The Morgan fingerprint density at radius 3 is 2.83 bits per heavy atom. The Labute approximate surface area is 142 Å². The third-order valence-corrected chi connectivity index (χ3v) is 4.00. The maximum atomic E-state index is 12.8. The molecule has 24 heavy (non-hydrogen) atoms. The van der Waals surface area contributed by atoms with Crippen molar-refractivity contribution < 1.29 is 14.6 Å². The van der Waals surface area contributed by atoms with Crippen LogP contribution in [0, 0.1) is 0 Å². The van der Waals surface area contributed by atoms with E-state index in [1.165, 1.54) is 30.4 Å². The molecule has 0 bridgehead atoms. The zero-order valence-corrected chi connectivity index (χ0v) is 14.4. The molecule has 0 spiro atoms. The monoisotopic (exact) mass is 329 g/mol. The van der Waals surface area contributed by atoms with Gasteiger partial charge in [-0.25, -0.2) is 0 Å². The number of hydrogen-bond acceptors (Lipinski definition) is 5. The molecule has 0 saturated heterocycles. The number of carbonyl (C=O) groups is 1. The summed E-state index contributed by atoms with van der Waals surface area (Å²) in [6, 6.07) is 2.91. The van der Waals surface area contributed by atoms with Crippen LogP contribution < -0.4 is 4.74 Å². The van der Waals surface area contributed by atoms with Crippen LogP contribution in [0.15, 0.2) is 33.3 Å². The van der Waals surface area contributed by atoms with E-state index in [0.717, 1.165) is 6.42 Å². The van der Waals surface area contributed by atoms with Crippen LogP contribution >= 0.6 is 0 Å². The van der Waals surface area contributed by atoms with Gasteiger partial charge in [-0.3, -0.25) is 14.8 Å². The second-order valence-corrected chi connectivity index (χ2v) is 5.27. The topological polar surface area (TPSA) is 74.5 Å². The summed E-state index contributed by atoms with van der Waals surface area (Å²) in [5.41, 5.74) is 3.17. The van der Waals surface area contributed by atoms with Crippen LogP contribution in [-0.2, 0) is 0 Å². The van der Waals surface area contributed by atoms with E-state index in [0.29, 0.717) is 30.9 Å². The number of aromatic hydroxyl groups is 1. The van der Waals surface area contributed by atoms with Crippen LogP contribution in [0.1, 0.15) is 30.6 Å². The number of hydrogen-bond donors (Lipinski definition) is 1. The fraction of sp³-hybridized carbons (Fsp3) is 0.389. The lowest BCUT2D eigenvalue weighted by atomic mass is 10.0. The van der Waals surface area contributed by atoms with E-state index in [1.54, 1.807) is 4.90 Å². The summed E-state index contributed by atoms with van der Waals surface area (Å²) in [4.78, 5) is 22.6. The Bertz CT molecular complexity index is 708. The molecule has 1 aromatic carbocycles. The van der Waals surface area contributed by atoms with Crippen molar-refractivity contribution in [2.45, 2.75) is 20.3 Å². The average molecular weight is 329 g/mol. The number of ether oxygens (including phenoxy) is 1. The first kappa shape index (κ1) is 17.7. The first-order valence-corrected chi connectivity index (χ1v) is 8.01. The lowest BCUT2D eigenvalue weighted by Crippen LogP contribution is -2.37. The molecule has 3 rings (SSSR count). The van der Waals surface area contributed by atoms with Gasteiger partial charge in [-0.05, 0) is 30.4 Å². The van der Waals surface area contributed by atoms with Gasteiger partial charge in [-0.2, -0.15) is 0 Å². The van der Waals surface area contributed by atoms with Gasteiger partial charge in [0.2, 0.25) is 0 Å². The highest BCUT2D eigenvalue weighted by Gasteiger charge is 2.26. The largest absolute Gasteiger partial charge is 0.504 e. The van der Waals surface area contributed by atoms with Crippen LogP contribution in [0.25, 0.3) is 0 Å². The molecule has 0 fully saturated rings. The van der Waals surface area contributed by atoms with E-state index in [1.807, 2.05) is 20.1 Å². The summed E-state index contributed by atoms with van der Waals surface area (Å²) in [6.45, 7) is 9.36. The van der Waals surface area contributed by atoms with Gasteiger partial charge in [0.05, 0.1) is 24.9 Å². The van der Waals surface area contributed by atoms with E-state index in [9.17, 15) is 9.90 Å². The third kappa shape index (κ3) is 3.32. The quantitative estimate of drug-likeness (QED) is 0.866. The number of benzene rings is 1. The number of amides is 1. The van der Waals surface area contributed by atoms with Crippen molar-refractivity contribution in [3.8, 4) is 11.5 Å². The summed E-state index contributed by atoms with van der Waals surface area (Å²) in [5, 5.41) is 9.80. The number of phenolic OH excluding ortho intramolecular Hbond substituents is 1. The number of carbonyl (C=O) groups excluding carboxylic acids is 1. The molecule has 1 N–H and O–H groups in total. The van der Waals surface area contributed by atoms with Crippen LogP contribution in [0.5, 0.6) is 11.5 Å². The molecule has 0 aliphatic carbocycles. The molecule has 0 unspecified atom stereocenters. The predicted octanol–water partition coefficient (Wildman–Crippen LogP) is 2.99. The smallest absolute Gasteiger partial charge is 0.256 e. The summed E-state index contributed by atoms with van der Waals surface area (Å²) < 4.78 is 5.08. The van der Waals surface area contributed by atoms with Crippen molar-refractivity contribution in [3.63, 3.8) is 0 Å². The van der Waals surface area contributed by atoms with Crippen molar-refractivity contribution >= 4 is 24.5 Å². The summed E-state index contributed by atoms with van der Waals surface area (Å²) >= 11 is 0. The van der Waals surface area contributed by atoms with Crippen molar-refractivity contribution in [2.24, 2.45) is 9.98 Å². The Morgan fingerprint density at radius 2 is 2.17 bits per heavy atom. The normalized spacial score (nSPS) is 15.5. The molecule has 1 aromatic rings. The molecule has 0 saturated carbocycles. The van der Waals surface area contributed by atoms with Crippen LogP contribution in [-0.4, -0.2) is 55.6 Å². The number of methoxy groups -OCH3 is 1. The standard InChI is InChI=1S/C16H17N3O3.C2H6/c1-17-13-6-14(20)15(22-2)5-12(13)16(21)19-4-3-10-7-18-8-11(10)9-19;1-2/h5-7,20H,1,3-4,8-9H2,2H3;1-2H3. The SMILES string of the molecule is C=Nc1cc(O)c(OC)cc1C(=O)N1CCC2=C(CN=C2)C1.CC. The first-order valence-electron chi connectivity index (χ1n) is 8.01. The Morgan fingerprint density at radius 1 is 1.42 bits per heavy atom. The van der Waals surface area contributed by atoms with E-state index in [2.05, 4.69) is 16.7 Å². The average Bonchev–Trinajstić information content (AvgIpc) is 3.10. The number of aliphatic imine (C=N–C) groups is 2. The minimum atomic E-state index is -0.140. The van der Waals surface area contributed by atoms with Crippen molar-refractivity contribution in [3.05, 3.63) is 28.8 Å². The molecule has 2 aliphatic heterocycles. The highest BCUT2D eigenvalue weighted by molar-refractivity contribution is 6.00. The molecule has 0 atom stereocenters. The van der Waals surface area contributed by atoms with Gasteiger partial charge >= 0.3 is 0 Å². The zero-order valence-electron chi connectivity index (χ0n) is 14.4. The predicted molar refractivity (Wildman–Crippen MR) is 96.1 cm³/mol. The maximum Gasteiger partial charge on any atom is 0.256 e. The molecular weight excluding hydrogens is 306 g/mol. The van der Waals surface area contributed by atoms with Gasteiger partial charge in [0.25, 0.3) is 5.91 Å². The minimum Gasteiger partial charge on any atom is -0.504 e. The highest BCUT2D eigenvalue weighted by atomic mass is 16.5. The Hall–Kier alpha value is -2.63. The lowest BCUT2D eigenvalue weighted by Gasteiger charge is -2.28. The number of rotatable bonds is 3. The second kappa shape index (κ2) is 7.77. The fourth-order valence-corrected chi connectivity index (χ4v) is 2.78. The number of nitrogens with zero attached hydrogens (tertiary/aromatic N) is 3. The van der Waals surface area contributed by atoms with E-state index >= 15 is 0 Å². The minimum absolute atomic E-state index is 0.0609.